The Bertz CT molecular complexity index is 247. The molecule has 0 aliphatic carbocycles. The number of nitrogens with two attached hydrogens (primary N) is 1. The standard InChI is InChI=1S/C10H16ClNO2.C2H6/c1-7(2-3-12)10(11)9(13)4-8-5-14-6-8;1-2/h2-3,8-9,13H,4-6,12H2,1H3;1-2H3/b3-2-,10-7+;. The van der Waals surface area contributed by atoms with E-state index in [2.05, 4.69) is 0 Å². The van der Waals surface area contributed by atoms with Gasteiger partial charge < -0.3 is 15.6 Å². The van der Waals surface area contributed by atoms with Crippen LogP contribution < -0.4 is 5.73 Å². The van der Waals surface area contributed by atoms with Gasteiger partial charge in [-0.2, -0.15) is 0 Å². The average molecular weight is 248 g/mol. The van der Waals surface area contributed by atoms with Gasteiger partial charge in [-0.3, -0.25) is 0 Å². The van der Waals surface area contributed by atoms with Gasteiger partial charge in [0.15, 0.2) is 0 Å². The molecule has 0 aromatic heterocycles. The molecule has 0 saturated carbocycles. The predicted molar refractivity (Wildman–Crippen MR) is 68.2 cm³/mol. The molecule has 1 rings (SSSR count). The fourth-order valence-corrected chi connectivity index (χ4v) is 1.48. The third kappa shape index (κ3) is 5.01. The second-order valence-electron chi connectivity index (χ2n) is 3.55. The van der Waals surface area contributed by atoms with E-state index in [0.717, 1.165) is 18.8 Å². The van der Waals surface area contributed by atoms with Crippen LogP contribution in [0.4, 0.5) is 0 Å². The van der Waals surface area contributed by atoms with E-state index >= 15 is 0 Å². The second kappa shape index (κ2) is 8.62. The Balaban J connectivity index is 0.00000106. The fraction of sp³-hybridized carbons (Fsp3) is 0.667. The lowest BCUT2D eigenvalue weighted by Gasteiger charge is -2.28. The molecule has 16 heavy (non-hydrogen) atoms. The van der Waals surface area contributed by atoms with Crippen LogP contribution in [0.1, 0.15) is 27.2 Å². The molecule has 1 unspecified atom stereocenters. The van der Waals surface area contributed by atoms with Gasteiger partial charge in [0.25, 0.3) is 0 Å². The van der Waals surface area contributed by atoms with Crippen LogP contribution in [0, 0.1) is 5.92 Å². The van der Waals surface area contributed by atoms with E-state index in [0.29, 0.717) is 17.4 Å². The van der Waals surface area contributed by atoms with Crippen molar-refractivity contribution in [1.82, 2.24) is 0 Å². The van der Waals surface area contributed by atoms with Crippen molar-refractivity contribution in [3.8, 4) is 0 Å². The molecule has 3 N–H and O–H groups in total. The zero-order valence-corrected chi connectivity index (χ0v) is 11.0. The van der Waals surface area contributed by atoms with Crippen LogP contribution >= 0.6 is 11.6 Å². The highest BCUT2D eigenvalue weighted by atomic mass is 35.5. The van der Waals surface area contributed by atoms with Gasteiger partial charge in [0, 0.05) is 11.0 Å². The van der Waals surface area contributed by atoms with Crippen molar-refractivity contribution in [1.29, 1.82) is 0 Å². The number of rotatable bonds is 4. The SMILES string of the molecule is CC.CC(/C=C\N)=C(\Cl)C(O)CC1COC1. The minimum atomic E-state index is -0.596. The lowest BCUT2D eigenvalue weighted by Crippen LogP contribution is -2.31. The zero-order chi connectivity index (χ0) is 12.6. The Labute approximate surface area is 103 Å². The number of aliphatic hydroxyl groups is 1. The first kappa shape index (κ1) is 15.5. The summed E-state index contributed by atoms with van der Waals surface area (Å²) in [7, 11) is 0. The van der Waals surface area contributed by atoms with Crippen LogP contribution in [-0.4, -0.2) is 24.4 Å². The number of hydrogen-bond acceptors (Lipinski definition) is 3. The molecule has 0 amide bonds. The Morgan fingerprint density at radius 3 is 2.50 bits per heavy atom. The third-order valence-electron chi connectivity index (χ3n) is 2.28. The fourth-order valence-electron chi connectivity index (χ4n) is 1.33. The molecule has 4 heteroatoms. The molecular weight excluding hydrogens is 226 g/mol. The van der Waals surface area contributed by atoms with Crippen molar-refractivity contribution in [2.24, 2.45) is 11.7 Å². The predicted octanol–water partition coefficient (Wildman–Crippen LogP) is 2.40. The Kier molecular flexibility index (Phi) is 8.35. The summed E-state index contributed by atoms with van der Waals surface area (Å²) in [6.07, 6.45) is 3.16. The third-order valence-corrected chi connectivity index (χ3v) is 2.83. The van der Waals surface area contributed by atoms with Gasteiger partial charge in [0.05, 0.1) is 19.3 Å². The second-order valence-corrected chi connectivity index (χ2v) is 3.95. The van der Waals surface area contributed by atoms with E-state index in [-0.39, 0.29) is 0 Å². The molecule has 94 valence electrons. The molecule has 1 saturated heterocycles. The van der Waals surface area contributed by atoms with E-state index in [4.69, 9.17) is 22.1 Å². The first-order valence-electron chi connectivity index (χ1n) is 5.65. The maximum absolute atomic E-state index is 9.73. The summed E-state index contributed by atoms with van der Waals surface area (Å²) < 4.78 is 5.02. The quantitative estimate of drug-likeness (QED) is 0.750. The van der Waals surface area contributed by atoms with Crippen LogP contribution in [0.5, 0.6) is 0 Å². The van der Waals surface area contributed by atoms with Gasteiger partial charge in [-0.25, -0.2) is 0 Å². The summed E-state index contributed by atoms with van der Waals surface area (Å²) in [5.74, 6) is 0.438. The summed E-state index contributed by atoms with van der Waals surface area (Å²) in [4.78, 5) is 0. The molecule has 3 nitrogen and oxygen atoms in total. The summed E-state index contributed by atoms with van der Waals surface area (Å²) in [5.41, 5.74) is 6.04. The van der Waals surface area contributed by atoms with Gasteiger partial charge in [-0.05, 0) is 31.2 Å². The largest absolute Gasteiger partial charge is 0.405 e. The van der Waals surface area contributed by atoms with Crippen molar-refractivity contribution in [3.05, 3.63) is 22.9 Å². The zero-order valence-electron chi connectivity index (χ0n) is 10.2. The molecule has 0 radical (unpaired) electrons. The molecule has 0 aromatic rings. The average Bonchev–Trinajstić information content (AvgIpc) is 2.25. The monoisotopic (exact) mass is 247 g/mol. The first-order valence-corrected chi connectivity index (χ1v) is 6.03. The van der Waals surface area contributed by atoms with Gasteiger partial charge in [0.1, 0.15) is 0 Å². The van der Waals surface area contributed by atoms with Crippen molar-refractivity contribution in [3.63, 3.8) is 0 Å². The Morgan fingerprint density at radius 2 is 2.12 bits per heavy atom. The number of ether oxygens (including phenoxy) is 1. The highest BCUT2D eigenvalue weighted by Crippen LogP contribution is 2.24. The minimum Gasteiger partial charge on any atom is -0.405 e. The van der Waals surface area contributed by atoms with Crippen LogP contribution in [-0.2, 0) is 4.74 Å². The van der Waals surface area contributed by atoms with Crippen molar-refractivity contribution >= 4 is 11.6 Å². The minimum absolute atomic E-state index is 0.438. The number of halogens is 1. The van der Waals surface area contributed by atoms with E-state index in [9.17, 15) is 5.11 Å². The van der Waals surface area contributed by atoms with E-state index in [1.54, 1.807) is 6.08 Å². The lowest BCUT2D eigenvalue weighted by atomic mass is 9.98. The van der Waals surface area contributed by atoms with E-state index in [1.165, 1.54) is 6.20 Å². The van der Waals surface area contributed by atoms with Crippen LogP contribution in [0.25, 0.3) is 0 Å². The molecule has 0 spiro atoms. The van der Waals surface area contributed by atoms with Crippen molar-refractivity contribution in [2.75, 3.05) is 13.2 Å². The summed E-state index contributed by atoms with van der Waals surface area (Å²) in [5, 5.41) is 10.2. The van der Waals surface area contributed by atoms with Crippen molar-refractivity contribution in [2.45, 2.75) is 33.3 Å². The normalized spacial score (nSPS) is 19.6. The molecule has 0 aromatic carbocycles. The topological polar surface area (TPSA) is 55.5 Å². The van der Waals surface area contributed by atoms with Gasteiger partial charge in [-0.1, -0.05) is 25.4 Å². The van der Waals surface area contributed by atoms with Gasteiger partial charge in [-0.15, -0.1) is 0 Å². The molecule has 1 aliphatic heterocycles. The molecule has 0 bridgehead atoms. The number of allylic oxidation sites excluding steroid dienone is 2. The molecular formula is C12H22ClNO2. The first-order chi connectivity index (χ1) is 7.65. The number of aliphatic hydroxyl groups excluding tert-OH is 1. The molecule has 1 heterocycles. The highest BCUT2D eigenvalue weighted by Gasteiger charge is 2.23. The lowest BCUT2D eigenvalue weighted by molar-refractivity contribution is -0.0482. The Hall–Kier alpha value is -0.510. The Morgan fingerprint density at radius 1 is 1.56 bits per heavy atom. The highest BCUT2D eigenvalue weighted by molar-refractivity contribution is 6.30. The molecule has 1 aliphatic rings. The summed E-state index contributed by atoms with van der Waals surface area (Å²) in [6, 6.07) is 0. The summed E-state index contributed by atoms with van der Waals surface area (Å²) >= 11 is 5.97. The van der Waals surface area contributed by atoms with Crippen LogP contribution in [0.15, 0.2) is 22.9 Å². The van der Waals surface area contributed by atoms with Crippen LogP contribution in [0.3, 0.4) is 0 Å². The van der Waals surface area contributed by atoms with Gasteiger partial charge >= 0.3 is 0 Å². The summed E-state index contributed by atoms with van der Waals surface area (Å²) in [6.45, 7) is 7.28. The number of hydrogen-bond donors (Lipinski definition) is 2. The van der Waals surface area contributed by atoms with E-state index < -0.39 is 6.10 Å². The smallest absolute Gasteiger partial charge is 0.0902 e. The molecule has 1 atom stereocenters. The maximum Gasteiger partial charge on any atom is 0.0902 e. The van der Waals surface area contributed by atoms with Gasteiger partial charge in [0.2, 0.25) is 0 Å². The molecule has 1 fully saturated rings. The van der Waals surface area contributed by atoms with Crippen molar-refractivity contribution < 1.29 is 9.84 Å². The maximum atomic E-state index is 9.73. The van der Waals surface area contributed by atoms with Crippen LogP contribution in [0.2, 0.25) is 0 Å². The van der Waals surface area contributed by atoms with E-state index in [1.807, 2.05) is 20.8 Å².